The standard InChI is InChI=1S/C18H23N3/c1-5-21-12-17(13-6-8-15(10-13)20(3)4)16-11-14(19-2)7-9-18(16)21/h7,9,11-13,15H,5-6,8,10H2,1,3-4H3/t13-,15-/m1/s1. The number of aryl methyl sites for hydroxylation is 1. The Hall–Kier alpha value is -1.79. The largest absolute Gasteiger partial charge is 0.348 e. The molecule has 1 aliphatic carbocycles. The van der Waals surface area contributed by atoms with Crippen LogP contribution in [0.4, 0.5) is 5.69 Å². The minimum Gasteiger partial charge on any atom is -0.348 e. The van der Waals surface area contributed by atoms with Crippen LogP contribution in [0.15, 0.2) is 24.4 Å². The van der Waals surface area contributed by atoms with Crippen LogP contribution in [-0.2, 0) is 6.54 Å². The molecule has 0 saturated heterocycles. The molecule has 110 valence electrons. The smallest absolute Gasteiger partial charge is 0.187 e. The molecule has 0 spiro atoms. The zero-order valence-electron chi connectivity index (χ0n) is 13.1. The van der Waals surface area contributed by atoms with Gasteiger partial charge in [-0.2, -0.15) is 0 Å². The minimum atomic E-state index is 0.633. The van der Waals surface area contributed by atoms with Crippen molar-refractivity contribution in [2.75, 3.05) is 14.1 Å². The summed E-state index contributed by atoms with van der Waals surface area (Å²) in [6.07, 6.45) is 6.09. The Balaban J connectivity index is 2.04. The van der Waals surface area contributed by atoms with Crippen molar-refractivity contribution in [3.63, 3.8) is 0 Å². The van der Waals surface area contributed by atoms with E-state index in [-0.39, 0.29) is 0 Å². The number of hydrogen-bond donors (Lipinski definition) is 0. The molecule has 0 unspecified atom stereocenters. The second kappa shape index (κ2) is 5.54. The highest BCUT2D eigenvalue weighted by molar-refractivity contribution is 5.88. The zero-order chi connectivity index (χ0) is 15.0. The average molecular weight is 281 g/mol. The summed E-state index contributed by atoms with van der Waals surface area (Å²) < 4.78 is 2.32. The van der Waals surface area contributed by atoms with Crippen molar-refractivity contribution in [3.05, 3.63) is 41.4 Å². The molecule has 3 rings (SSSR count). The fourth-order valence-corrected chi connectivity index (χ4v) is 3.68. The molecule has 1 aromatic heterocycles. The van der Waals surface area contributed by atoms with Gasteiger partial charge in [0, 0.05) is 24.3 Å². The van der Waals surface area contributed by atoms with Crippen molar-refractivity contribution in [2.45, 2.75) is 44.7 Å². The monoisotopic (exact) mass is 281 g/mol. The first-order valence-electron chi connectivity index (χ1n) is 7.80. The maximum absolute atomic E-state index is 7.25. The summed E-state index contributed by atoms with van der Waals surface area (Å²) in [4.78, 5) is 5.95. The van der Waals surface area contributed by atoms with E-state index in [1.54, 1.807) is 0 Å². The molecule has 21 heavy (non-hydrogen) atoms. The third kappa shape index (κ3) is 2.45. The molecule has 2 aromatic rings. The van der Waals surface area contributed by atoms with Gasteiger partial charge < -0.3 is 9.47 Å². The van der Waals surface area contributed by atoms with E-state index < -0.39 is 0 Å². The van der Waals surface area contributed by atoms with Crippen molar-refractivity contribution in [1.82, 2.24) is 9.47 Å². The van der Waals surface area contributed by atoms with Crippen LogP contribution in [0.3, 0.4) is 0 Å². The zero-order valence-corrected chi connectivity index (χ0v) is 13.1. The molecule has 0 amide bonds. The lowest BCUT2D eigenvalue weighted by Gasteiger charge is -2.18. The Labute approximate surface area is 127 Å². The van der Waals surface area contributed by atoms with Gasteiger partial charge in [0.2, 0.25) is 0 Å². The Kier molecular flexibility index (Phi) is 3.73. The van der Waals surface area contributed by atoms with Gasteiger partial charge in [-0.1, -0.05) is 6.07 Å². The molecular weight excluding hydrogens is 258 g/mol. The van der Waals surface area contributed by atoms with Gasteiger partial charge in [-0.05, 0) is 69.3 Å². The fourth-order valence-electron chi connectivity index (χ4n) is 3.68. The van der Waals surface area contributed by atoms with Gasteiger partial charge in [0.25, 0.3) is 0 Å². The van der Waals surface area contributed by atoms with E-state index in [9.17, 15) is 0 Å². The molecule has 0 N–H and O–H groups in total. The Morgan fingerprint density at radius 3 is 2.76 bits per heavy atom. The molecule has 1 fully saturated rings. The summed E-state index contributed by atoms with van der Waals surface area (Å²) in [5.74, 6) is 0.633. The molecule has 1 aliphatic rings. The molecule has 0 radical (unpaired) electrons. The van der Waals surface area contributed by atoms with E-state index in [2.05, 4.69) is 53.7 Å². The van der Waals surface area contributed by atoms with E-state index in [0.717, 1.165) is 12.2 Å². The van der Waals surface area contributed by atoms with E-state index in [1.807, 2.05) is 6.07 Å². The van der Waals surface area contributed by atoms with Crippen LogP contribution in [0.5, 0.6) is 0 Å². The molecule has 3 nitrogen and oxygen atoms in total. The van der Waals surface area contributed by atoms with Gasteiger partial charge in [0.1, 0.15) is 0 Å². The number of nitrogens with zero attached hydrogens (tertiary/aromatic N) is 3. The summed E-state index contributed by atoms with van der Waals surface area (Å²) in [6, 6.07) is 6.81. The quantitative estimate of drug-likeness (QED) is 0.759. The lowest BCUT2D eigenvalue weighted by molar-refractivity contribution is 0.297. The van der Waals surface area contributed by atoms with Gasteiger partial charge in [-0.25, -0.2) is 4.85 Å². The number of fused-ring (bicyclic) bond motifs is 1. The minimum absolute atomic E-state index is 0.633. The van der Waals surface area contributed by atoms with E-state index >= 15 is 0 Å². The molecule has 1 aromatic carbocycles. The van der Waals surface area contributed by atoms with Crippen molar-refractivity contribution >= 4 is 16.6 Å². The van der Waals surface area contributed by atoms with Crippen LogP contribution in [0.25, 0.3) is 15.7 Å². The third-order valence-corrected chi connectivity index (χ3v) is 4.94. The predicted molar refractivity (Wildman–Crippen MR) is 87.9 cm³/mol. The highest BCUT2D eigenvalue weighted by Gasteiger charge is 2.29. The van der Waals surface area contributed by atoms with Crippen LogP contribution < -0.4 is 0 Å². The van der Waals surface area contributed by atoms with Gasteiger partial charge >= 0.3 is 0 Å². The first kappa shape index (κ1) is 14.2. The Morgan fingerprint density at radius 2 is 2.14 bits per heavy atom. The summed E-state index contributed by atoms with van der Waals surface area (Å²) in [7, 11) is 4.36. The Bertz CT molecular complexity index is 690. The lowest BCUT2D eigenvalue weighted by atomic mass is 9.96. The normalized spacial score (nSPS) is 22.0. The van der Waals surface area contributed by atoms with Crippen LogP contribution in [0.2, 0.25) is 0 Å². The van der Waals surface area contributed by atoms with Crippen LogP contribution >= 0.6 is 0 Å². The maximum Gasteiger partial charge on any atom is 0.187 e. The maximum atomic E-state index is 7.25. The molecule has 1 heterocycles. The van der Waals surface area contributed by atoms with E-state index in [1.165, 1.54) is 35.7 Å². The van der Waals surface area contributed by atoms with Gasteiger partial charge in [0.05, 0.1) is 6.57 Å². The first-order valence-corrected chi connectivity index (χ1v) is 7.80. The van der Waals surface area contributed by atoms with Gasteiger partial charge in [-0.15, -0.1) is 0 Å². The van der Waals surface area contributed by atoms with Crippen molar-refractivity contribution in [3.8, 4) is 0 Å². The molecule has 0 aliphatic heterocycles. The highest BCUT2D eigenvalue weighted by Crippen LogP contribution is 2.40. The van der Waals surface area contributed by atoms with Crippen LogP contribution in [0, 0.1) is 6.57 Å². The van der Waals surface area contributed by atoms with Crippen LogP contribution in [-0.4, -0.2) is 29.6 Å². The van der Waals surface area contributed by atoms with E-state index in [0.29, 0.717) is 12.0 Å². The van der Waals surface area contributed by atoms with Crippen molar-refractivity contribution in [2.24, 2.45) is 0 Å². The van der Waals surface area contributed by atoms with Gasteiger partial charge in [-0.3, -0.25) is 0 Å². The second-order valence-electron chi connectivity index (χ2n) is 6.31. The number of rotatable bonds is 3. The first-order chi connectivity index (χ1) is 10.1. The van der Waals surface area contributed by atoms with E-state index in [4.69, 9.17) is 6.57 Å². The highest BCUT2D eigenvalue weighted by atomic mass is 15.1. The predicted octanol–water partition coefficient (Wildman–Crippen LogP) is 4.41. The fraction of sp³-hybridized carbons (Fsp3) is 0.500. The molecular formula is C18H23N3. The molecule has 0 bridgehead atoms. The topological polar surface area (TPSA) is 12.5 Å². The van der Waals surface area contributed by atoms with Crippen LogP contribution in [0.1, 0.15) is 37.7 Å². The second-order valence-corrected chi connectivity index (χ2v) is 6.31. The SMILES string of the molecule is [C-]#[N+]c1ccc2c(c1)c([C@@H]1CC[C@@H](N(C)C)C1)cn2CC. The molecule has 3 heteroatoms. The van der Waals surface area contributed by atoms with Gasteiger partial charge in [0.15, 0.2) is 5.69 Å². The number of aromatic nitrogens is 1. The summed E-state index contributed by atoms with van der Waals surface area (Å²) >= 11 is 0. The van der Waals surface area contributed by atoms with Crippen molar-refractivity contribution in [1.29, 1.82) is 0 Å². The Morgan fingerprint density at radius 1 is 1.33 bits per heavy atom. The number of benzene rings is 1. The molecule has 1 saturated carbocycles. The van der Waals surface area contributed by atoms with Crippen molar-refractivity contribution < 1.29 is 0 Å². The summed E-state index contributed by atoms with van der Waals surface area (Å²) in [6.45, 7) is 10.4. The summed E-state index contributed by atoms with van der Waals surface area (Å²) in [5.41, 5.74) is 3.47. The third-order valence-electron chi connectivity index (χ3n) is 4.94. The lowest BCUT2D eigenvalue weighted by Crippen LogP contribution is -2.24. The molecule has 2 atom stereocenters. The number of hydrogen-bond acceptors (Lipinski definition) is 1. The average Bonchev–Trinajstić information content (AvgIpc) is 3.10. The summed E-state index contributed by atoms with van der Waals surface area (Å²) in [5, 5.41) is 1.29.